The number of ether oxygens (including phenoxy) is 3. The van der Waals surface area contributed by atoms with Crippen LogP contribution in [0.4, 0.5) is 0 Å². The van der Waals surface area contributed by atoms with Crippen LogP contribution in [0.5, 0.6) is 0 Å². The minimum atomic E-state index is -2.97. The van der Waals surface area contributed by atoms with Crippen molar-refractivity contribution < 1.29 is 64.0 Å². The van der Waals surface area contributed by atoms with Crippen molar-refractivity contribution in [3.8, 4) is 0 Å². The van der Waals surface area contributed by atoms with Crippen LogP contribution in [0.15, 0.2) is 0 Å². The maximum atomic E-state index is 11.6. The molecule has 14 heteroatoms. The molecule has 0 aromatic carbocycles. The van der Waals surface area contributed by atoms with Crippen LogP contribution in [0.3, 0.4) is 0 Å². The minimum Gasteiger partial charge on any atom is -0.477 e. The first-order valence-corrected chi connectivity index (χ1v) is 8.74. The normalized spacial score (nSPS) is 29.2. The van der Waals surface area contributed by atoms with Gasteiger partial charge in [0.25, 0.3) is 5.79 Å². The highest BCUT2D eigenvalue weighted by molar-refractivity contribution is 5.78. The van der Waals surface area contributed by atoms with E-state index in [4.69, 9.17) is 19.7 Å². The molecule has 0 radical (unpaired) electrons. The van der Waals surface area contributed by atoms with Gasteiger partial charge in [-0.25, -0.2) is 9.59 Å². The van der Waals surface area contributed by atoms with E-state index in [1.165, 1.54) is 0 Å². The number of rotatable bonds is 9. The van der Waals surface area contributed by atoms with Crippen LogP contribution in [0, 0.1) is 0 Å². The van der Waals surface area contributed by atoms with Crippen LogP contribution >= 0.6 is 0 Å². The maximum absolute atomic E-state index is 11.6. The maximum Gasteiger partial charge on any atom is 0.364 e. The molecule has 1 amide bonds. The van der Waals surface area contributed by atoms with Crippen molar-refractivity contribution >= 4 is 23.8 Å². The van der Waals surface area contributed by atoms with Crippen molar-refractivity contribution in [3.63, 3.8) is 0 Å². The van der Waals surface area contributed by atoms with Gasteiger partial charge in [-0.2, -0.15) is 0 Å². The van der Waals surface area contributed by atoms with E-state index >= 15 is 0 Å². The summed E-state index contributed by atoms with van der Waals surface area (Å²) in [6.45, 7) is 0.132. The minimum absolute atomic E-state index is 0.857. The van der Waals surface area contributed by atoms with Gasteiger partial charge < -0.3 is 50.2 Å². The Morgan fingerprint density at radius 3 is 2.33 bits per heavy atom. The largest absolute Gasteiger partial charge is 0.477 e. The average Bonchev–Trinajstić information content (AvgIpc) is 2.65. The highest BCUT2D eigenvalue weighted by atomic mass is 16.7. The number of esters is 2. The number of carboxylic acid groups (broad SMARTS) is 1. The zero-order chi connectivity index (χ0) is 23.2. The summed E-state index contributed by atoms with van der Waals surface area (Å²) in [4.78, 5) is 45.9. The van der Waals surface area contributed by atoms with Crippen LogP contribution in [0.1, 0.15) is 20.3 Å². The molecule has 1 aliphatic heterocycles. The van der Waals surface area contributed by atoms with Crippen molar-refractivity contribution in [3.05, 3.63) is 0 Å². The lowest BCUT2D eigenvalue weighted by Crippen LogP contribution is -2.68. The van der Waals surface area contributed by atoms with Crippen LogP contribution in [0.25, 0.3) is 0 Å². The molecule has 14 nitrogen and oxygen atoms in total. The summed E-state index contributed by atoms with van der Waals surface area (Å²) in [7, 11) is 0. The van der Waals surface area contributed by atoms with Gasteiger partial charge >= 0.3 is 17.9 Å². The molecule has 0 aromatic rings. The number of nitrogens with one attached hydrogen (secondary N) is 1. The molecule has 0 bridgehead atoms. The number of hydrogen-bond acceptors (Lipinski definition) is 12. The molecule has 0 aromatic heterocycles. The summed E-state index contributed by atoms with van der Waals surface area (Å²) >= 11 is 0. The quantitative estimate of drug-likeness (QED) is 0.168. The number of aliphatic hydroxyl groups is 5. The Balaban J connectivity index is 3.25. The second-order valence-corrected chi connectivity index (χ2v) is 6.64. The molecule has 2 unspecified atom stereocenters. The molecule has 172 valence electrons. The molecule has 1 rings (SSSR count). The first kappa shape index (κ1) is 25.7. The molecule has 0 aliphatic carbocycles. The zero-order valence-corrected chi connectivity index (χ0v) is 16.1. The molecule has 1 fully saturated rings. The summed E-state index contributed by atoms with van der Waals surface area (Å²) in [6, 6.07) is -1.55. The first-order chi connectivity index (χ1) is 13.8. The van der Waals surface area contributed by atoms with Gasteiger partial charge in [0.2, 0.25) is 5.91 Å². The Morgan fingerprint density at radius 2 is 1.87 bits per heavy atom. The molecular formula is C16H25NO13. The fraction of sp³-hybridized carbons (Fsp3) is 0.750. The van der Waals surface area contributed by atoms with Gasteiger partial charge in [0, 0.05) is 13.3 Å². The summed E-state index contributed by atoms with van der Waals surface area (Å²) in [5.41, 5.74) is 0. The number of aliphatic carboxylic acids is 1. The zero-order valence-electron chi connectivity index (χ0n) is 16.1. The van der Waals surface area contributed by atoms with Gasteiger partial charge in [-0.1, -0.05) is 0 Å². The van der Waals surface area contributed by atoms with Crippen molar-refractivity contribution in [1.29, 1.82) is 0 Å². The van der Waals surface area contributed by atoms with Crippen molar-refractivity contribution in [2.24, 2.45) is 0 Å². The number of carbonyl (C=O) groups is 4. The van der Waals surface area contributed by atoms with Crippen molar-refractivity contribution in [2.45, 2.75) is 62.6 Å². The molecule has 1 aliphatic rings. The lowest BCUT2D eigenvalue weighted by molar-refractivity contribution is -0.296. The number of amides is 1. The van der Waals surface area contributed by atoms with E-state index in [9.17, 15) is 39.6 Å². The van der Waals surface area contributed by atoms with Gasteiger partial charge in [0.05, 0.1) is 12.1 Å². The smallest absolute Gasteiger partial charge is 0.364 e. The third-order valence-electron chi connectivity index (χ3n) is 4.13. The van der Waals surface area contributed by atoms with Crippen LogP contribution in [-0.4, -0.2) is 110 Å². The van der Waals surface area contributed by atoms with E-state index < -0.39 is 85.8 Å². The Morgan fingerprint density at radius 1 is 1.27 bits per heavy atom. The predicted molar refractivity (Wildman–Crippen MR) is 91.3 cm³/mol. The van der Waals surface area contributed by atoms with Crippen LogP contribution in [0.2, 0.25) is 0 Å². The summed E-state index contributed by atoms with van der Waals surface area (Å²) < 4.78 is 14.6. The van der Waals surface area contributed by atoms with Gasteiger partial charge in [0.15, 0.2) is 6.10 Å². The SMILES string of the molecule is CC(=O)O[C@@H]([C@@H]1OC(O)(C(=O)O)C[C@H](O)[C@H]1NC(=O)CO)[C@H](O)COC(=O)C(C)O. The molecule has 1 heterocycles. The number of aliphatic hydroxyl groups excluding tert-OH is 4. The van der Waals surface area contributed by atoms with E-state index in [1.807, 2.05) is 0 Å². The van der Waals surface area contributed by atoms with Gasteiger partial charge in [0.1, 0.15) is 31.5 Å². The highest BCUT2D eigenvalue weighted by Gasteiger charge is 2.55. The van der Waals surface area contributed by atoms with Crippen molar-refractivity contribution in [1.82, 2.24) is 5.32 Å². The van der Waals surface area contributed by atoms with Gasteiger partial charge in [-0.05, 0) is 6.92 Å². The topological polar surface area (TPSA) is 229 Å². The van der Waals surface area contributed by atoms with Gasteiger partial charge in [-0.15, -0.1) is 0 Å². The standard InChI is InChI=1S/C16H25NO13/c1-6(19)14(24)28-5-9(22)12(29-7(2)20)13-11(17-10(23)4-18)8(21)3-16(27,30-13)15(25)26/h6,8-9,11-13,18-19,21-22,27H,3-5H2,1-2H3,(H,17,23)(H,25,26)/t6?,8-,9+,11+,12+,13+,16?/m0/s1. The molecule has 0 spiro atoms. The predicted octanol–water partition coefficient (Wildman–Crippen LogP) is -4.40. The van der Waals surface area contributed by atoms with E-state index in [0.717, 1.165) is 13.8 Å². The second-order valence-electron chi connectivity index (χ2n) is 6.64. The molecule has 7 N–H and O–H groups in total. The molecule has 0 saturated carbocycles. The lowest BCUT2D eigenvalue weighted by Gasteiger charge is -2.45. The van der Waals surface area contributed by atoms with E-state index in [-0.39, 0.29) is 0 Å². The van der Waals surface area contributed by atoms with Crippen LogP contribution < -0.4 is 5.32 Å². The number of carbonyl (C=O) groups excluding carboxylic acids is 3. The molecule has 7 atom stereocenters. The van der Waals surface area contributed by atoms with E-state index in [2.05, 4.69) is 10.1 Å². The lowest BCUT2D eigenvalue weighted by atomic mass is 9.88. The Labute approximate surface area is 170 Å². The van der Waals surface area contributed by atoms with Crippen LogP contribution in [-0.2, 0) is 33.4 Å². The number of carboxylic acids is 1. The Bertz CT molecular complexity index is 653. The average molecular weight is 439 g/mol. The molecule has 1 saturated heterocycles. The molecular weight excluding hydrogens is 414 g/mol. The monoisotopic (exact) mass is 439 g/mol. The summed E-state index contributed by atoms with van der Waals surface area (Å²) in [5, 5.41) is 60.2. The fourth-order valence-corrected chi connectivity index (χ4v) is 2.73. The van der Waals surface area contributed by atoms with E-state index in [0.29, 0.717) is 0 Å². The second kappa shape index (κ2) is 10.6. The summed E-state index contributed by atoms with van der Waals surface area (Å²) in [5.74, 6) is -8.04. The fourth-order valence-electron chi connectivity index (χ4n) is 2.73. The van der Waals surface area contributed by atoms with Gasteiger partial charge in [-0.3, -0.25) is 9.59 Å². The Kier molecular flexibility index (Phi) is 9.08. The number of hydrogen-bond donors (Lipinski definition) is 7. The van der Waals surface area contributed by atoms with Crippen molar-refractivity contribution in [2.75, 3.05) is 13.2 Å². The first-order valence-electron chi connectivity index (χ1n) is 8.74. The van der Waals surface area contributed by atoms with E-state index in [1.54, 1.807) is 0 Å². The Hall–Kier alpha value is -2.36. The third kappa shape index (κ3) is 6.58. The third-order valence-corrected chi connectivity index (χ3v) is 4.13. The summed E-state index contributed by atoms with van der Waals surface area (Å²) in [6.07, 6.45) is -9.81. The highest BCUT2D eigenvalue weighted by Crippen LogP contribution is 2.31. The molecule has 30 heavy (non-hydrogen) atoms.